The maximum Gasteiger partial charge on any atom is 0.251 e. The topological polar surface area (TPSA) is 41.1 Å². The van der Waals surface area contributed by atoms with Crippen molar-refractivity contribution in [3.8, 4) is 0 Å². The summed E-state index contributed by atoms with van der Waals surface area (Å²) in [7, 11) is 0. The summed E-state index contributed by atoms with van der Waals surface area (Å²) in [4.78, 5) is 12.5. The smallest absolute Gasteiger partial charge is 0.251 e. The minimum absolute atomic E-state index is 0.0381. The number of carbonyl (C=O) groups is 1. The average molecular weight is 276 g/mol. The van der Waals surface area contributed by atoms with Gasteiger partial charge in [0.15, 0.2) is 0 Å². The lowest BCUT2D eigenvalue weighted by Gasteiger charge is -2.32. The van der Waals surface area contributed by atoms with Crippen molar-refractivity contribution in [1.29, 1.82) is 0 Å². The first-order chi connectivity index (χ1) is 9.51. The van der Waals surface area contributed by atoms with Crippen molar-refractivity contribution in [1.82, 2.24) is 5.32 Å². The monoisotopic (exact) mass is 276 g/mol. The van der Waals surface area contributed by atoms with Gasteiger partial charge in [-0.15, -0.1) is 0 Å². The van der Waals surface area contributed by atoms with Crippen LogP contribution in [-0.4, -0.2) is 18.0 Å². The van der Waals surface area contributed by atoms with Gasteiger partial charge in [-0.3, -0.25) is 4.79 Å². The van der Waals surface area contributed by atoms with Crippen molar-refractivity contribution in [2.24, 2.45) is 0 Å². The van der Waals surface area contributed by atoms with E-state index in [0.717, 1.165) is 42.6 Å². The highest BCUT2D eigenvalue weighted by molar-refractivity contribution is 5.96. The molecule has 2 N–H and O–H groups in total. The number of benzene rings is 1. The van der Waals surface area contributed by atoms with Crippen LogP contribution < -0.4 is 10.6 Å². The molecule has 0 spiro atoms. The number of rotatable bonds is 7. The van der Waals surface area contributed by atoms with E-state index in [0.29, 0.717) is 0 Å². The molecule has 112 valence electrons. The predicted octanol–water partition coefficient (Wildman–Crippen LogP) is 4.13. The van der Waals surface area contributed by atoms with Crippen molar-refractivity contribution in [3.63, 3.8) is 0 Å². The standard InChI is InChI=1S/C17H28N2O/c1-6-17(7-2,8-3)19-16(20)15-11-10-14(18-9-4)12-13(15)5/h10-12,18H,6-9H2,1-5H3,(H,19,20). The molecule has 0 saturated carbocycles. The van der Waals surface area contributed by atoms with Gasteiger partial charge in [-0.2, -0.15) is 0 Å². The van der Waals surface area contributed by atoms with Crippen molar-refractivity contribution in [2.75, 3.05) is 11.9 Å². The van der Waals surface area contributed by atoms with E-state index in [9.17, 15) is 4.79 Å². The fourth-order valence-corrected chi connectivity index (χ4v) is 2.56. The molecule has 0 bridgehead atoms. The minimum atomic E-state index is -0.0795. The molecular formula is C17H28N2O. The van der Waals surface area contributed by atoms with Crippen LogP contribution in [0.4, 0.5) is 5.69 Å². The van der Waals surface area contributed by atoms with Gasteiger partial charge in [0.2, 0.25) is 0 Å². The van der Waals surface area contributed by atoms with Crippen molar-refractivity contribution in [2.45, 2.75) is 59.4 Å². The van der Waals surface area contributed by atoms with Crippen molar-refractivity contribution < 1.29 is 4.79 Å². The fraction of sp³-hybridized carbons (Fsp3) is 0.588. The molecule has 20 heavy (non-hydrogen) atoms. The number of carbonyl (C=O) groups excluding carboxylic acids is 1. The second kappa shape index (κ2) is 7.32. The quantitative estimate of drug-likeness (QED) is 0.786. The Morgan fingerprint density at radius 1 is 1.10 bits per heavy atom. The lowest BCUT2D eigenvalue weighted by Crippen LogP contribution is -2.47. The van der Waals surface area contributed by atoms with Gasteiger partial charge in [0, 0.05) is 23.3 Å². The number of hydrogen-bond acceptors (Lipinski definition) is 2. The summed E-state index contributed by atoms with van der Waals surface area (Å²) in [5.41, 5.74) is 2.77. The first kappa shape index (κ1) is 16.5. The first-order valence-corrected chi connectivity index (χ1v) is 7.68. The van der Waals surface area contributed by atoms with Crippen LogP contribution in [0, 0.1) is 6.92 Å². The largest absolute Gasteiger partial charge is 0.385 e. The maximum atomic E-state index is 12.5. The van der Waals surface area contributed by atoms with Crippen LogP contribution in [0.15, 0.2) is 18.2 Å². The van der Waals surface area contributed by atoms with Crippen LogP contribution in [0.25, 0.3) is 0 Å². The molecule has 0 aliphatic carbocycles. The molecule has 3 nitrogen and oxygen atoms in total. The highest BCUT2D eigenvalue weighted by Crippen LogP contribution is 2.21. The zero-order valence-corrected chi connectivity index (χ0v) is 13.5. The van der Waals surface area contributed by atoms with Gasteiger partial charge < -0.3 is 10.6 Å². The summed E-state index contributed by atoms with van der Waals surface area (Å²) in [6, 6.07) is 5.91. The number of anilines is 1. The Labute approximate surface area is 123 Å². The van der Waals surface area contributed by atoms with Gasteiger partial charge in [-0.1, -0.05) is 20.8 Å². The Hall–Kier alpha value is -1.51. The van der Waals surface area contributed by atoms with Crippen LogP contribution >= 0.6 is 0 Å². The molecule has 0 heterocycles. The zero-order valence-electron chi connectivity index (χ0n) is 13.5. The lowest BCUT2D eigenvalue weighted by atomic mass is 9.89. The Morgan fingerprint density at radius 2 is 1.70 bits per heavy atom. The summed E-state index contributed by atoms with van der Waals surface area (Å²) in [6.07, 6.45) is 2.88. The molecule has 1 rings (SSSR count). The molecule has 1 aromatic carbocycles. The second-order valence-corrected chi connectivity index (χ2v) is 5.36. The van der Waals surface area contributed by atoms with E-state index in [4.69, 9.17) is 0 Å². The third-order valence-corrected chi connectivity index (χ3v) is 4.26. The molecule has 3 heteroatoms. The van der Waals surface area contributed by atoms with Gasteiger partial charge in [0.25, 0.3) is 5.91 Å². The van der Waals surface area contributed by atoms with Crippen LogP contribution in [0.1, 0.15) is 62.9 Å². The Bertz CT molecular complexity index is 442. The SMILES string of the molecule is CCNc1ccc(C(=O)NC(CC)(CC)CC)c(C)c1. The molecule has 0 radical (unpaired) electrons. The van der Waals surface area contributed by atoms with Crippen LogP contribution in [0.5, 0.6) is 0 Å². The number of amides is 1. The normalized spacial score (nSPS) is 11.2. The van der Waals surface area contributed by atoms with E-state index in [-0.39, 0.29) is 11.4 Å². The predicted molar refractivity (Wildman–Crippen MR) is 86.4 cm³/mol. The highest BCUT2D eigenvalue weighted by atomic mass is 16.1. The maximum absolute atomic E-state index is 12.5. The summed E-state index contributed by atoms with van der Waals surface area (Å²) in [5, 5.41) is 6.49. The first-order valence-electron chi connectivity index (χ1n) is 7.68. The van der Waals surface area contributed by atoms with Crippen molar-refractivity contribution in [3.05, 3.63) is 29.3 Å². The van der Waals surface area contributed by atoms with Gasteiger partial charge in [-0.25, -0.2) is 0 Å². The van der Waals surface area contributed by atoms with Gasteiger partial charge in [0.05, 0.1) is 0 Å². The molecule has 0 unspecified atom stereocenters. The molecule has 1 aromatic rings. The van der Waals surface area contributed by atoms with Gasteiger partial charge >= 0.3 is 0 Å². The van der Waals surface area contributed by atoms with Gasteiger partial charge in [-0.05, 0) is 56.9 Å². The van der Waals surface area contributed by atoms with E-state index in [1.807, 2.05) is 25.1 Å². The molecule has 0 fully saturated rings. The molecule has 1 amide bonds. The fourth-order valence-electron chi connectivity index (χ4n) is 2.56. The van der Waals surface area contributed by atoms with E-state index >= 15 is 0 Å². The summed E-state index contributed by atoms with van der Waals surface area (Å²) >= 11 is 0. The Kier molecular flexibility index (Phi) is 6.05. The summed E-state index contributed by atoms with van der Waals surface area (Å²) < 4.78 is 0. The third-order valence-electron chi connectivity index (χ3n) is 4.26. The molecule has 0 aliphatic heterocycles. The average Bonchev–Trinajstić information content (AvgIpc) is 2.45. The van der Waals surface area contributed by atoms with E-state index < -0.39 is 0 Å². The third kappa shape index (κ3) is 3.75. The number of hydrogen-bond donors (Lipinski definition) is 2. The second-order valence-electron chi connectivity index (χ2n) is 5.36. The van der Waals surface area contributed by atoms with Crippen LogP contribution in [0.2, 0.25) is 0 Å². The molecular weight excluding hydrogens is 248 g/mol. The van der Waals surface area contributed by atoms with Crippen LogP contribution in [0.3, 0.4) is 0 Å². The Morgan fingerprint density at radius 3 is 2.15 bits per heavy atom. The molecule has 0 aromatic heterocycles. The van der Waals surface area contributed by atoms with Gasteiger partial charge in [0.1, 0.15) is 0 Å². The molecule has 0 aliphatic rings. The minimum Gasteiger partial charge on any atom is -0.385 e. The zero-order chi connectivity index (χ0) is 15.2. The number of aryl methyl sites for hydroxylation is 1. The summed E-state index contributed by atoms with van der Waals surface area (Å²) in [5.74, 6) is 0.0381. The van der Waals surface area contributed by atoms with Crippen LogP contribution in [-0.2, 0) is 0 Å². The Balaban J connectivity index is 2.92. The van der Waals surface area contributed by atoms with E-state index in [1.54, 1.807) is 0 Å². The molecule has 0 saturated heterocycles. The lowest BCUT2D eigenvalue weighted by molar-refractivity contribution is 0.0887. The molecule has 0 atom stereocenters. The van der Waals surface area contributed by atoms with E-state index in [2.05, 4.69) is 38.3 Å². The number of nitrogens with one attached hydrogen (secondary N) is 2. The van der Waals surface area contributed by atoms with Crippen molar-refractivity contribution >= 4 is 11.6 Å². The highest BCUT2D eigenvalue weighted by Gasteiger charge is 2.26. The van der Waals surface area contributed by atoms with E-state index in [1.165, 1.54) is 0 Å². The summed E-state index contributed by atoms with van der Waals surface area (Å²) in [6.45, 7) is 11.3.